The molecule has 1 spiro atoms. The molecule has 5 fully saturated rings. The predicted octanol–water partition coefficient (Wildman–Crippen LogP) is 5.70. The second-order valence-electron chi connectivity index (χ2n) is 13.4. The smallest absolute Gasteiger partial charge is 0.319 e. The second kappa shape index (κ2) is 9.47. The van der Waals surface area contributed by atoms with E-state index in [2.05, 4.69) is 14.8 Å². The fourth-order valence-corrected chi connectivity index (χ4v) is 9.14. The van der Waals surface area contributed by atoms with Crippen LogP contribution < -0.4 is 9.64 Å². The largest absolute Gasteiger partial charge is 0.508 e. The molecule has 2 unspecified atom stereocenters. The molecule has 1 saturated carbocycles. The van der Waals surface area contributed by atoms with Crippen molar-refractivity contribution in [2.45, 2.75) is 56.1 Å². The highest BCUT2D eigenvalue weighted by Crippen LogP contribution is 2.54. The number of hydrogen-bond acceptors (Lipinski definition) is 8. The molecular weight excluding hydrogens is 545 g/mol. The van der Waals surface area contributed by atoms with Gasteiger partial charge in [-0.1, -0.05) is 24.3 Å². The Morgan fingerprint density at radius 2 is 1.77 bits per heavy atom. The number of hydrogen-bond donors (Lipinski definition) is 1. The van der Waals surface area contributed by atoms with Gasteiger partial charge in [0.25, 0.3) is 0 Å². The number of phenols is 1. The molecule has 222 valence electrons. The number of pyridine rings is 1. The molecule has 4 aromatic rings. The number of nitrogens with zero attached hydrogens (tertiary/aromatic N) is 5. The second-order valence-corrected chi connectivity index (χ2v) is 13.4. The molecule has 1 aliphatic carbocycles. The summed E-state index contributed by atoms with van der Waals surface area (Å²) in [7, 11) is 0. The lowest BCUT2D eigenvalue weighted by molar-refractivity contribution is -0.197. The lowest BCUT2D eigenvalue weighted by Crippen LogP contribution is -2.60. The lowest BCUT2D eigenvalue weighted by Gasteiger charge is -2.53. The Morgan fingerprint density at radius 3 is 2.51 bits per heavy atom. The van der Waals surface area contributed by atoms with Crippen LogP contribution in [0, 0.1) is 17.7 Å². The first-order chi connectivity index (χ1) is 21.0. The molecule has 2 atom stereocenters. The fourth-order valence-electron chi connectivity index (χ4n) is 9.14. The van der Waals surface area contributed by atoms with Crippen LogP contribution in [0.2, 0.25) is 0 Å². The van der Waals surface area contributed by atoms with Gasteiger partial charge in [0.15, 0.2) is 5.82 Å². The van der Waals surface area contributed by atoms with E-state index in [0.29, 0.717) is 35.2 Å². The maximum Gasteiger partial charge on any atom is 0.319 e. The number of phenolic OH excluding ortho intramolecular Hbond substituents is 1. The van der Waals surface area contributed by atoms with E-state index in [-0.39, 0.29) is 34.1 Å². The normalized spacial score (nSPS) is 27.7. The van der Waals surface area contributed by atoms with Crippen LogP contribution in [0.4, 0.5) is 10.2 Å². The molecular formula is C34H36FN5O3. The van der Waals surface area contributed by atoms with Crippen molar-refractivity contribution < 1.29 is 19.0 Å². The Bertz CT molecular complexity index is 1730. The minimum atomic E-state index is -0.526. The van der Waals surface area contributed by atoms with Crippen LogP contribution in [-0.2, 0) is 4.74 Å². The first kappa shape index (κ1) is 25.9. The number of ether oxygens (including phenoxy) is 2. The predicted molar refractivity (Wildman–Crippen MR) is 162 cm³/mol. The summed E-state index contributed by atoms with van der Waals surface area (Å²) in [6, 6.07) is 11.1. The van der Waals surface area contributed by atoms with Crippen molar-refractivity contribution in [3.05, 3.63) is 48.4 Å². The monoisotopic (exact) mass is 581 g/mol. The molecule has 9 rings (SSSR count). The van der Waals surface area contributed by atoms with Crippen LogP contribution in [0.3, 0.4) is 0 Å². The van der Waals surface area contributed by atoms with E-state index in [1.54, 1.807) is 18.3 Å². The highest BCUT2D eigenvalue weighted by atomic mass is 19.1. The maximum atomic E-state index is 16.7. The number of rotatable bonds is 5. The summed E-state index contributed by atoms with van der Waals surface area (Å²) in [6.07, 6.45) is 9.69. The number of benzene rings is 2. The number of halogens is 1. The maximum absolute atomic E-state index is 16.7. The third-order valence-corrected chi connectivity index (χ3v) is 11.3. The molecule has 43 heavy (non-hydrogen) atoms. The lowest BCUT2D eigenvalue weighted by atomic mass is 9.75. The van der Waals surface area contributed by atoms with Gasteiger partial charge < -0.3 is 19.5 Å². The number of aromatic nitrogens is 3. The van der Waals surface area contributed by atoms with E-state index in [4.69, 9.17) is 19.4 Å². The molecule has 0 amide bonds. The van der Waals surface area contributed by atoms with Gasteiger partial charge in [0.2, 0.25) is 0 Å². The highest BCUT2D eigenvalue weighted by Gasteiger charge is 2.58. The zero-order valence-electron chi connectivity index (χ0n) is 24.3. The number of aromatic hydroxyl groups is 1. The zero-order chi connectivity index (χ0) is 28.8. The summed E-state index contributed by atoms with van der Waals surface area (Å²) in [6.45, 7) is 5.21. The van der Waals surface area contributed by atoms with Crippen molar-refractivity contribution in [3.8, 4) is 23.0 Å². The Balaban J connectivity index is 1.16. The quantitative estimate of drug-likeness (QED) is 0.321. The van der Waals surface area contributed by atoms with E-state index in [1.165, 1.54) is 12.8 Å². The van der Waals surface area contributed by atoms with Crippen molar-refractivity contribution in [1.82, 2.24) is 19.9 Å². The average molecular weight is 582 g/mol. The van der Waals surface area contributed by atoms with E-state index < -0.39 is 5.82 Å². The summed E-state index contributed by atoms with van der Waals surface area (Å²) in [5.74, 6) is 1.11. The van der Waals surface area contributed by atoms with Crippen LogP contribution in [-0.4, -0.2) is 75.5 Å². The molecule has 4 saturated heterocycles. The third kappa shape index (κ3) is 3.83. The van der Waals surface area contributed by atoms with Gasteiger partial charge in [-0.3, -0.25) is 9.88 Å². The number of piperidine rings is 1. The molecule has 6 heterocycles. The summed E-state index contributed by atoms with van der Waals surface area (Å²) < 4.78 is 29.4. The molecule has 2 aromatic heterocycles. The molecule has 9 heteroatoms. The van der Waals surface area contributed by atoms with E-state index in [1.807, 2.05) is 24.3 Å². The molecule has 8 nitrogen and oxygen atoms in total. The summed E-state index contributed by atoms with van der Waals surface area (Å²) >= 11 is 0. The van der Waals surface area contributed by atoms with E-state index in [9.17, 15) is 5.11 Å². The number of fused-ring (bicyclic) bond motifs is 3. The average Bonchev–Trinajstić information content (AvgIpc) is 3.64. The van der Waals surface area contributed by atoms with Gasteiger partial charge in [-0.15, -0.1) is 0 Å². The summed E-state index contributed by atoms with van der Waals surface area (Å²) in [4.78, 5) is 19.2. The van der Waals surface area contributed by atoms with Crippen molar-refractivity contribution in [1.29, 1.82) is 0 Å². The van der Waals surface area contributed by atoms with Gasteiger partial charge in [-0.25, -0.2) is 4.39 Å². The van der Waals surface area contributed by atoms with Crippen molar-refractivity contribution in [2.24, 2.45) is 11.8 Å². The molecule has 4 aliphatic heterocycles. The standard InChI is InChI=1S/C34H36FN5O3/c35-28-29(26-16-24(41)15-21-5-1-2-6-25(21)26)36-17-27-30(28)37-32(42-20-33-9-3-12-40(33)13-4-10-33)38-31(27)39-18-22-7-8-23(19-39)34(22)11-14-43-34/h1-2,5-6,15-17,22-23,41H,3-4,7-14,18-20H2. The van der Waals surface area contributed by atoms with Crippen LogP contribution in [0.5, 0.6) is 11.8 Å². The Labute approximate surface area is 249 Å². The van der Waals surface area contributed by atoms with Gasteiger partial charge in [0.1, 0.15) is 29.4 Å². The minimum absolute atomic E-state index is 0.0132. The molecule has 1 N–H and O–H groups in total. The Hall–Kier alpha value is -3.56. The Kier molecular flexibility index (Phi) is 5.70. The van der Waals surface area contributed by atoms with Crippen molar-refractivity contribution in [3.63, 3.8) is 0 Å². The molecule has 2 aromatic carbocycles. The number of anilines is 1. The first-order valence-electron chi connectivity index (χ1n) is 15.9. The van der Waals surface area contributed by atoms with Gasteiger partial charge in [0.05, 0.1) is 23.1 Å². The third-order valence-electron chi connectivity index (χ3n) is 11.3. The zero-order valence-corrected chi connectivity index (χ0v) is 24.3. The van der Waals surface area contributed by atoms with E-state index >= 15 is 4.39 Å². The topological polar surface area (TPSA) is 83.8 Å². The van der Waals surface area contributed by atoms with Gasteiger partial charge in [-0.2, -0.15) is 9.97 Å². The SMILES string of the molecule is Oc1cc(-c2ncc3c(N4CC5CCC(C4)C54CCO4)nc(OCC45CCCN4CCC5)nc3c2F)c2ccccc2c1. The van der Waals surface area contributed by atoms with Crippen LogP contribution in [0.1, 0.15) is 44.9 Å². The van der Waals surface area contributed by atoms with Gasteiger partial charge >= 0.3 is 6.01 Å². The first-order valence-corrected chi connectivity index (χ1v) is 15.9. The minimum Gasteiger partial charge on any atom is -0.508 e. The van der Waals surface area contributed by atoms with E-state index in [0.717, 1.165) is 75.7 Å². The van der Waals surface area contributed by atoms with Gasteiger partial charge in [-0.05, 0) is 74.5 Å². The van der Waals surface area contributed by atoms with Crippen LogP contribution in [0.25, 0.3) is 32.9 Å². The summed E-state index contributed by atoms with van der Waals surface area (Å²) in [5, 5.41) is 12.7. The van der Waals surface area contributed by atoms with Crippen molar-refractivity contribution in [2.75, 3.05) is 44.3 Å². The fraction of sp³-hybridized carbons (Fsp3) is 0.500. The van der Waals surface area contributed by atoms with Gasteiger partial charge in [0, 0.05) is 43.1 Å². The molecule has 0 radical (unpaired) electrons. The van der Waals surface area contributed by atoms with Crippen LogP contribution in [0.15, 0.2) is 42.6 Å². The molecule has 5 aliphatic rings. The molecule has 2 bridgehead atoms. The summed E-state index contributed by atoms with van der Waals surface area (Å²) in [5.41, 5.74) is 0.937. The Morgan fingerprint density at radius 1 is 1.00 bits per heavy atom. The van der Waals surface area contributed by atoms with Crippen LogP contribution >= 0.6 is 0 Å². The van der Waals surface area contributed by atoms with Crippen molar-refractivity contribution >= 4 is 27.5 Å². The highest BCUT2D eigenvalue weighted by molar-refractivity contribution is 5.99.